The SMILES string of the molecule is CNc1nc(C)cn1C1CC(C)CC(C)C1. The number of nitrogens with zero attached hydrogens (tertiary/aromatic N) is 2. The molecule has 0 spiro atoms. The molecule has 1 aromatic heterocycles. The van der Waals surface area contributed by atoms with Crippen LogP contribution in [0.1, 0.15) is 44.8 Å². The highest BCUT2D eigenvalue weighted by molar-refractivity contribution is 5.28. The average Bonchev–Trinajstić information content (AvgIpc) is 2.58. The molecule has 0 aliphatic heterocycles. The quantitative estimate of drug-likeness (QED) is 0.831. The van der Waals surface area contributed by atoms with Crippen molar-refractivity contribution >= 4 is 5.95 Å². The maximum absolute atomic E-state index is 4.51. The van der Waals surface area contributed by atoms with Gasteiger partial charge in [-0.15, -0.1) is 0 Å². The molecule has 0 amide bonds. The highest BCUT2D eigenvalue weighted by Gasteiger charge is 2.26. The monoisotopic (exact) mass is 221 g/mol. The van der Waals surface area contributed by atoms with Gasteiger partial charge in [-0.3, -0.25) is 0 Å². The van der Waals surface area contributed by atoms with Gasteiger partial charge in [0.25, 0.3) is 0 Å². The first-order chi connectivity index (χ1) is 7.60. The minimum atomic E-state index is 0.627. The molecule has 1 aliphatic rings. The molecule has 1 aliphatic carbocycles. The molecule has 1 aromatic rings. The van der Waals surface area contributed by atoms with Crippen molar-refractivity contribution < 1.29 is 0 Å². The molecule has 0 bridgehead atoms. The minimum Gasteiger partial charge on any atom is -0.359 e. The zero-order valence-corrected chi connectivity index (χ0v) is 10.8. The molecule has 90 valence electrons. The Labute approximate surface area is 98.3 Å². The van der Waals surface area contributed by atoms with E-state index in [2.05, 4.69) is 41.8 Å². The summed E-state index contributed by atoms with van der Waals surface area (Å²) in [6.45, 7) is 6.80. The van der Waals surface area contributed by atoms with Crippen LogP contribution < -0.4 is 5.32 Å². The lowest BCUT2D eigenvalue weighted by molar-refractivity contribution is 0.223. The summed E-state index contributed by atoms with van der Waals surface area (Å²) in [5, 5.41) is 3.20. The summed E-state index contributed by atoms with van der Waals surface area (Å²) in [5.74, 6) is 2.69. The van der Waals surface area contributed by atoms with E-state index in [0.29, 0.717) is 6.04 Å². The van der Waals surface area contributed by atoms with Crippen molar-refractivity contribution in [2.24, 2.45) is 11.8 Å². The third kappa shape index (κ3) is 2.23. The van der Waals surface area contributed by atoms with E-state index in [1.807, 2.05) is 7.05 Å². The van der Waals surface area contributed by atoms with E-state index in [1.165, 1.54) is 19.3 Å². The Balaban J connectivity index is 2.22. The molecule has 2 atom stereocenters. The van der Waals surface area contributed by atoms with E-state index >= 15 is 0 Å². The number of nitrogens with one attached hydrogen (secondary N) is 1. The summed E-state index contributed by atoms with van der Waals surface area (Å²) < 4.78 is 2.33. The highest BCUT2D eigenvalue weighted by Crippen LogP contribution is 2.37. The van der Waals surface area contributed by atoms with Gasteiger partial charge in [0.2, 0.25) is 5.95 Å². The molecule has 1 N–H and O–H groups in total. The molecular weight excluding hydrogens is 198 g/mol. The summed E-state index contributed by atoms with van der Waals surface area (Å²) in [7, 11) is 1.95. The Bertz CT molecular complexity index is 346. The molecular formula is C13H23N3. The van der Waals surface area contributed by atoms with Crippen LogP contribution >= 0.6 is 0 Å². The van der Waals surface area contributed by atoms with E-state index in [9.17, 15) is 0 Å². The molecule has 16 heavy (non-hydrogen) atoms. The van der Waals surface area contributed by atoms with Crippen molar-refractivity contribution in [1.82, 2.24) is 9.55 Å². The van der Waals surface area contributed by atoms with Gasteiger partial charge in [-0.2, -0.15) is 0 Å². The normalized spacial score (nSPS) is 30.4. The van der Waals surface area contributed by atoms with Crippen LogP contribution in [0.4, 0.5) is 5.95 Å². The van der Waals surface area contributed by atoms with Crippen LogP contribution in [0.3, 0.4) is 0 Å². The zero-order chi connectivity index (χ0) is 11.7. The molecule has 0 saturated heterocycles. The smallest absolute Gasteiger partial charge is 0.203 e. The molecule has 1 saturated carbocycles. The molecule has 1 fully saturated rings. The van der Waals surface area contributed by atoms with Gasteiger partial charge in [-0.25, -0.2) is 4.98 Å². The first-order valence-electron chi connectivity index (χ1n) is 6.33. The van der Waals surface area contributed by atoms with Crippen molar-refractivity contribution in [1.29, 1.82) is 0 Å². The standard InChI is InChI=1S/C13H23N3/c1-9-5-10(2)7-12(6-9)16-8-11(3)15-13(16)14-4/h8-10,12H,5-7H2,1-4H3,(H,14,15). The molecule has 1 heterocycles. The summed E-state index contributed by atoms with van der Waals surface area (Å²) in [4.78, 5) is 4.51. The topological polar surface area (TPSA) is 29.9 Å². The summed E-state index contributed by atoms with van der Waals surface area (Å²) >= 11 is 0. The average molecular weight is 221 g/mol. The summed E-state index contributed by atoms with van der Waals surface area (Å²) in [6, 6.07) is 0.627. The summed E-state index contributed by atoms with van der Waals surface area (Å²) in [5.41, 5.74) is 1.11. The number of rotatable bonds is 2. The van der Waals surface area contributed by atoms with Crippen LogP contribution in [0.2, 0.25) is 0 Å². The van der Waals surface area contributed by atoms with Crippen LogP contribution in [0.25, 0.3) is 0 Å². The van der Waals surface area contributed by atoms with E-state index in [-0.39, 0.29) is 0 Å². The highest BCUT2D eigenvalue weighted by atomic mass is 15.2. The van der Waals surface area contributed by atoms with E-state index < -0.39 is 0 Å². The molecule has 3 nitrogen and oxygen atoms in total. The van der Waals surface area contributed by atoms with Crippen molar-refractivity contribution in [2.45, 2.75) is 46.1 Å². The van der Waals surface area contributed by atoms with Crippen LogP contribution in [-0.2, 0) is 0 Å². The first kappa shape index (κ1) is 11.5. The zero-order valence-electron chi connectivity index (χ0n) is 10.8. The predicted molar refractivity (Wildman–Crippen MR) is 67.7 cm³/mol. The van der Waals surface area contributed by atoms with Gasteiger partial charge in [-0.05, 0) is 38.0 Å². The lowest BCUT2D eigenvalue weighted by Gasteiger charge is -2.32. The predicted octanol–water partition coefficient (Wildman–Crippen LogP) is 3.23. The van der Waals surface area contributed by atoms with Crippen molar-refractivity contribution in [3.05, 3.63) is 11.9 Å². The van der Waals surface area contributed by atoms with Gasteiger partial charge in [0.05, 0.1) is 5.69 Å². The number of hydrogen-bond donors (Lipinski definition) is 1. The van der Waals surface area contributed by atoms with Crippen LogP contribution in [-0.4, -0.2) is 16.6 Å². The van der Waals surface area contributed by atoms with E-state index in [1.54, 1.807) is 0 Å². The minimum absolute atomic E-state index is 0.627. The second-order valence-corrected chi connectivity index (χ2v) is 5.43. The molecule has 3 heteroatoms. The van der Waals surface area contributed by atoms with E-state index in [4.69, 9.17) is 0 Å². The molecule has 2 rings (SSSR count). The Morgan fingerprint density at radius 3 is 2.44 bits per heavy atom. The fraction of sp³-hybridized carbons (Fsp3) is 0.769. The van der Waals surface area contributed by atoms with Gasteiger partial charge in [-0.1, -0.05) is 13.8 Å². The Morgan fingerprint density at radius 2 is 1.88 bits per heavy atom. The number of hydrogen-bond acceptors (Lipinski definition) is 2. The Hall–Kier alpha value is -0.990. The Morgan fingerprint density at radius 1 is 1.25 bits per heavy atom. The van der Waals surface area contributed by atoms with Gasteiger partial charge >= 0.3 is 0 Å². The number of imidazole rings is 1. The lowest BCUT2D eigenvalue weighted by atomic mass is 9.80. The lowest BCUT2D eigenvalue weighted by Crippen LogP contribution is -2.23. The third-order valence-electron chi connectivity index (χ3n) is 3.62. The van der Waals surface area contributed by atoms with Gasteiger partial charge < -0.3 is 9.88 Å². The number of anilines is 1. The third-order valence-corrected chi connectivity index (χ3v) is 3.62. The van der Waals surface area contributed by atoms with E-state index in [0.717, 1.165) is 23.5 Å². The fourth-order valence-electron chi connectivity index (χ4n) is 3.11. The van der Waals surface area contributed by atoms with Crippen LogP contribution in [0.5, 0.6) is 0 Å². The fourth-order valence-corrected chi connectivity index (χ4v) is 3.11. The first-order valence-corrected chi connectivity index (χ1v) is 6.33. The van der Waals surface area contributed by atoms with Gasteiger partial charge in [0.15, 0.2) is 0 Å². The van der Waals surface area contributed by atoms with Crippen molar-refractivity contribution in [3.63, 3.8) is 0 Å². The summed E-state index contributed by atoms with van der Waals surface area (Å²) in [6.07, 6.45) is 6.13. The Kier molecular flexibility index (Phi) is 3.22. The molecule has 2 unspecified atom stereocenters. The van der Waals surface area contributed by atoms with Crippen LogP contribution in [0.15, 0.2) is 6.20 Å². The van der Waals surface area contributed by atoms with Gasteiger partial charge in [0, 0.05) is 19.3 Å². The number of aromatic nitrogens is 2. The molecule has 0 aromatic carbocycles. The second-order valence-electron chi connectivity index (χ2n) is 5.43. The van der Waals surface area contributed by atoms with Crippen molar-refractivity contribution in [2.75, 3.05) is 12.4 Å². The maximum Gasteiger partial charge on any atom is 0.203 e. The molecule has 0 radical (unpaired) electrons. The second kappa shape index (κ2) is 4.48. The number of aryl methyl sites for hydroxylation is 1. The van der Waals surface area contributed by atoms with Gasteiger partial charge in [0.1, 0.15) is 0 Å². The largest absolute Gasteiger partial charge is 0.359 e. The maximum atomic E-state index is 4.51. The van der Waals surface area contributed by atoms with Crippen molar-refractivity contribution in [3.8, 4) is 0 Å². The van der Waals surface area contributed by atoms with Crippen LogP contribution in [0, 0.1) is 18.8 Å².